The van der Waals surface area contributed by atoms with Crippen molar-refractivity contribution in [1.82, 2.24) is 4.31 Å². The molecule has 1 saturated heterocycles. The van der Waals surface area contributed by atoms with Crippen molar-refractivity contribution in [3.05, 3.63) is 35.9 Å². The minimum absolute atomic E-state index is 0.249. The second kappa shape index (κ2) is 5.76. The highest BCUT2D eigenvalue weighted by Crippen LogP contribution is 2.24. The minimum Gasteiger partial charge on any atom is -0.478 e. The van der Waals surface area contributed by atoms with E-state index in [0.717, 1.165) is 12.5 Å². The van der Waals surface area contributed by atoms with E-state index in [1.54, 1.807) is 12.1 Å². The number of sulfonamides is 1. The fraction of sp³-hybridized carbons (Fsp3) is 0.357. The van der Waals surface area contributed by atoms with Crippen LogP contribution in [0.4, 0.5) is 0 Å². The lowest BCUT2D eigenvalue weighted by Gasteiger charge is -2.16. The Morgan fingerprint density at radius 3 is 2.50 bits per heavy atom. The highest BCUT2D eigenvalue weighted by atomic mass is 32.2. The van der Waals surface area contributed by atoms with E-state index < -0.39 is 16.0 Å². The zero-order valence-corrected chi connectivity index (χ0v) is 12.0. The molecule has 2 rings (SSSR count). The van der Waals surface area contributed by atoms with Gasteiger partial charge in [0.05, 0.1) is 4.90 Å². The van der Waals surface area contributed by atoms with Gasteiger partial charge in [0.25, 0.3) is 0 Å². The first-order valence-electron chi connectivity index (χ1n) is 6.41. The van der Waals surface area contributed by atoms with E-state index in [2.05, 4.69) is 0 Å². The molecule has 0 bridgehead atoms. The zero-order valence-electron chi connectivity index (χ0n) is 11.2. The van der Waals surface area contributed by atoms with E-state index >= 15 is 0 Å². The highest BCUT2D eigenvalue weighted by Gasteiger charge is 2.30. The molecule has 1 aliphatic heterocycles. The van der Waals surface area contributed by atoms with Crippen LogP contribution in [0.15, 0.2) is 35.2 Å². The molecule has 1 atom stereocenters. The van der Waals surface area contributed by atoms with Gasteiger partial charge < -0.3 is 5.11 Å². The molecule has 1 N–H and O–H groups in total. The molecule has 0 spiro atoms. The average molecular weight is 295 g/mol. The molecule has 1 aromatic rings. The van der Waals surface area contributed by atoms with Crippen LogP contribution in [0, 0.1) is 5.92 Å². The Kier molecular flexibility index (Phi) is 4.25. The summed E-state index contributed by atoms with van der Waals surface area (Å²) in [5, 5.41) is 8.54. The maximum atomic E-state index is 12.4. The van der Waals surface area contributed by atoms with E-state index in [1.165, 1.54) is 22.5 Å². The summed E-state index contributed by atoms with van der Waals surface area (Å²) >= 11 is 0. The lowest BCUT2D eigenvalue weighted by Crippen LogP contribution is -2.28. The summed E-state index contributed by atoms with van der Waals surface area (Å²) in [5.74, 6) is -0.643. The van der Waals surface area contributed by atoms with E-state index in [9.17, 15) is 13.2 Å². The Morgan fingerprint density at radius 1 is 1.35 bits per heavy atom. The Hall–Kier alpha value is -1.66. The van der Waals surface area contributed by atoms with Gasteiger partial charge in [0.15, 0.2) is 0 Å². The van der Waals surface area contributed by atoms with Crippen molar-refractivity contribution >= 4 is 22.1 Å². The van der Waals surface area contributed by atoms with Crippen LogP contribution in [0.2, 0.25) is 0 Å². The first-order chi connectivity index (χ1) is 9.39. The SMILES string of the molecule is CC1CCN(S(=O)(=O)c2ccc(/C=C/C(=O)O)cc2)C1. The first kappa shape index (κ1) is 14.7. The number of carbonyl (C=O) groups is 1. The number of carboxylic acids is 1. The monoisotopic (exact) mass is 295 g/mol. The number of hydrogen-bond acceptors (Lipinski definition) is 3. The van der Waals surface area contributed by atoms with Crippen LogP contribution >= 0.6 is 0 Å². The summed E-state index contributed by atoms with van der Waals surface area (Å²) in [6.07, 6.45) is 3.33. The second-order valence-electron chi connectivity index (χ2n) is 5.00. The molecule has 0 aliphatic carbocycles. The second-order valence-corrected chi connectivity index (χ2v) is 6.94. The quantitative estimate of drug-likeness (QED) is 0.860. The van der Waals surface area contributed by atoms with Crippen molar-refractivity contribution in [3.63, 3.8) is 0 Å². The Balaban J connectivity index is 2.19. The summed E-state index contributed by atoms with van der Waals surface area (Å²) in [7, 11) is -3.43. The predicted molar refractivity (Wildman–Crippen MR) is 75.7 cm³/mol. The number of nitrogens with zero attached hydrogens (tertiary/aromatic N) is 1. The molecule has 0 radical (unpaired) electrons. The Labute approximate surface area is 118 Å². The van der Waals surface area contributed by atoms with E-state index in [-0.39, 0.29) is 4.90 Å². The third kappa shape index (κ3) is 3.26. The zero-order chi connectivity index (χ0) is 14.8. The maximum Gasteiger partial charge on any atom is 0.328 e. The van der Waals surface area contributed by atoms with Gasteiger partial charge in [0, 0.05) is 19.2 Å². The molecular formula is C14H17NO4S. The topological polar surface area (TPSA) is 74.7 Å². The smallest absolute Gasteiger partial charge is 0.328 e. The van der Waals surface area contributed by atoms with Gasteiger partial charge in [0.2, 0.25) is 10.0 Å². The lowest BCUT2D eigenvalue weighted by atomic mass is 10.2. The summed E-state index contributed by atoms with van der Waals surface area (Å²) < 4.78 is 26.2. The van der Waals surface area contributed by atoms with Crippen LogP contribution < -0.4 is 0 Å². The van der Waals surface area contributed by atoms with Crippen molar-refractivity contribution in [2.24, 2.45) is 5.92 Å². The molecule has 0 amide bonds. The molecule has 6 heteroatoms. The molecule has 1 fully saturated rings. The van der Waals surface area contributed by atoms with Crippen LogP contribution in [0.1, 0.15) is 18.9 Å². The number of hydrogen-bond donors (Lipinski definition) is 1. The van der Waals surface area contributed by atoms with E-state index in [4.69, 9.17) is 5.11 Å². The number of rotatable bonds is 4. The van der Waals surface area contributed by atoms with Crippen LogP contribution in [-0.4, -0.2) is 36.9 Å². The van der Waals surface area contributed by atoms with Crippen LogP contribution in [0.25, 0.3) is 6.08 Å². The molecule has 5 nitrogen and oxygen atoms in total. The average Bonchev–Trinajstić information content (AvgIpc) is 2.84. The van der Waals surface area contributed by atoms with Gasteiger partial charge in [-0.15, -0.1) is 0 Å². The molecule has 1 unspecified atom stereocenters. The minimum atomic E-state index is -3.43. The Morgan fingerprint density at radius 2 is 2.00 bits per heavy atom. The van der Waals surface area contributed by atoms with Gasteiger partial charge >= 0.3 is 5.97 Å². The number of carboxylic acid groups (broad SMARTS) is 1. The summed E-state index contributed by atoms with van der Waals surface area (Å²) in [5.41, 5.74) is 0.654. The fourth-order valence-electron chi connectivity index (χ4n) is 2.18. The Bertz CT molecular complexity index is 619. The number of aliphatic carboxylic acids is 1. The molecular weight excluding hydrogens is 278 g/mol. The molecule has 1 aromatic carbocycles. The van der Waals surface area contributed by atoms with Crippen LogP contribution in [0.3, 0.4) is 0 Å². The third-order valence-electron chi connectivity index (χ3n) is 3.32. The van der Waals surface area contributed by atoms with E-state index in [0.29, 0.717) is 24.6 Å². The van der Waals surface area contributed by atoms with Crippen LogP contribution in [0.5, 0.6) is 0 Å². The van der Waals surface area contributed by atoms with Crippen molar-refractivity contribution in [2.75, 3.05) is 13.1 Å². The summed E-state index contributed by atoms with van der Waals surface area (Å²) in [4.78, 5) is 10.7. The summed E-state index contributed by atoms with van der Waals surface area (Å²) in [6.45, 7) is 3.16. The lowest BCUT2D eigenvalue weighted by molar-refractivity contribution is -0.131. The highest BCUT2D eigenvalue weighted by molar-refractivity contribution is 7.89. The number of benzene rings is 1. The maximum absolute atomic E-state index is 12.4. The van der Waals surface area contributed by atoms with Gasteiger partial charge in [-0.3, -0.25) is 0 Å². The first-order valence-corrected chi connectivity index (χ1v) is 7.85. The van der Waals surface area contributed by atoms with Crippen LogP contribution in [-0.2, 0) is 14.8 Å². The van der Waals surface area contributed by atoms with Crippen molar-refractivity contribution in [1.29, 1.82) is 0 Å². The van der Waals surface area contributed by atoms with Crippen molar-refractivity contribution in [2.45, 2.75) is 18.2 Å². The standard InChI is InChI=1S/C14H17NO4S/c1-11-8-9-15(10-11)20(18,19)13-5-2-12(3-6-13)4-7-14(16)17/h2-7,11H,8-10H2,1H3,(H,16,17)/b7-4+. The van der Waals surface area contributed by atoms with Crippen molar-refractivity contribution in [3.8, 4) is 0 Å². The van der Waals surface area contributed by atoms with Gasteiger partial charge in [-0.1, -0.05) is 19.1 Å². The van der Waals surface area contributed by atoms with E-state index in [1.807, 2.05) is 6.92 Å². The molecule has 0 saturated carbocycles. The van der Waals surface area contributed by atoms with Crippen molar-refractivity contribution < 1.29 is 18.3 Å². The predicted octanol–water partition coefficient (Wildman–Crippen LogP) is 1.81. The van der Waals surface area contributed by atoms with Gasteiger partial charge in [0.1, 0.15) is 0 Å². The largest absolute Gasteiger partial charge is 0.478 e. The molecule has 0 aromatic heterocycles. The molecule has 1 aliphatic rings. The van der Waals surface area contributed by atoms with Gasteiger partial charge in [-0.05, 0) is 36.1 Å². The summed E-state index contributed by atoms with van der Waals surface area (Å²) in [6, 6.07) is 6.23. The normalized spacial score (nSPS) is 20.6. The third-order valence-corrected chi connectivity index (χ3v) is 5.20. The van der Waals surface area contributed by atoms with Gasteiger partial charge in [-0.2, -0.15) is 4.31 Å². The molecule has 1 heterocycles. The molecule has 20 heavy (non-hydrogen) atoms. The molecule has 108 valence electrons. The van der Waals surface area contributed by atoms with Gasteiger partial charge in [-0.25, -0.2) is 13.2 Å². The fourth-order valence-corrected chi connectivity index (χ4v) is 3.76.